The molecule has 0 N–H and O–H groups in total. The quantitative estimate of drug-likeness (QED) is 0.587. The van der Waals surface area contributed by atoms with Crippen LogP contribution in [0.1, 0.15) is 32.3 Å². The normalized spacial score (nSPS) is 12.5. The summed E-state index contributed by atoms with van der Waals surface area (Å²) in [5, 5.41) is 0.257. The van der Waals surface area contributed by atoms with Gasteiger partial charge in [0, 0.05) is 31.3 Å². The summed E-state index contributed by atoms with van der Waals surface area (Å²) in [7, 11) is -1.65. The van der Waals surface area contributed by atoms with Gasteiger partial charge in [-0.3, -0.25) is 0 Å². The second-order valence-corrected chi connectivity index (χ2v) is 11.1. The molecule has 0 aliphatic rings. The fraction of sp³-hybridized carbons (Fsp3) is 0.600. The minimum absolute atomic E-state index is 0.257. The first-order valence-corrected chi connectivity index (χ1v) is 9.73. The molecule has 0 spiro atoms. The lowest BCUT2D eigenvalue weighted by atomic mass is 10.2. The zero-order valence-electron chi connectivity index (χ0n) is 12.9. The molecule has 19 heavy (non-hydrogen) atoms. The number of aromatic nitrogens is 2. The van der Waals surface area contributed by atoms with Gasteiger partial charge in [-0.2, -0.15) is 0 Å². The lowest BCUT2D eigenvalue weighted by Crippen LogP contribution is -2.41. The maximum absolute atomic E-state index is 6.16. The standard InChI is InChI=1S/C15H26N2OSi/c1-7-8-14-16-11-9-13(17-14)10-12-18-19(5,6)15(2,3)4/h7,9,11H,1,8,10,12H2,2-6H3. The molecule has 1 rings (SSSR count). The molecule has 0 bridgehead atoms. The van der Waals surface area contributed by atoms with Crippen molar-refractivity contribution in [3.8, 4) is 0 Å². The molecule has 0 atom stereocenters. The number of hydrogen-bond acceptors (Lipinski definition) is 3. The second kappa shape index (κ2) is 6.44. The summed E-state index contributed by atoms with van der Waals surface area (Å²) in [6, 6.07) is 1.96. The number of nitrogens with zero attached hydrogens (tertiary/aromatic N) is 2. The topological polar surface area (TPSA) is 35.0 Å². The van der Waals surface area contributed by atoms with Gasteiger partial charge in [-0.05, 0) is 24.2 Å². The molecule has 0 amide bonds. The highest BCUT2D eigenvalue weighted by Gasteiger charge is 2.36. The van der Waals surface area contributed by atoms with E-state index in [9.17, 15) is 0 Å². The SMILES string of the molecule is C=CCc1nccc(CCO[Si](C)(C)C(C)(C)C)n1. The summed E-state index contributed by atoms with van der Waals surface area (Å²) in [6.45, 7) is 15.8. The van der Waals surface area contributed by atoms with Crippen LogP contribution in [0.25, 0.3) is 0 Å². The van der Waals surface area contributed by atoms with Crippen LogP contribution in [0.3, 0.4) is 0 Å². The van der Waals surface area contributed by atoms with Crippen molar-refractivity contribution >= 4 is 8.32 Å². The minimum atomic E-state index is -1.65. The van der Waals surface area contributed by atoms with E-state index in [1.807, 2.05) is 18.3 Å². The van der Waals surface area contributed by atoms with E-state index in [0.717, 1.165) is 31.0 Å². The Hall–Kier alpha value is -1.00. The molecule has 0 fully saturated rings. The molecule has 106 valence electrons. The van der Waals surface area contributed by atoms with E-state index in [4.69, 9.17) is 4.43 Å². The van der Waals surface area contributed by atoms with Gasteiger partial charge in [-0.1, -0.05) is 26.8 Å². The third kappa shape index (κ3) is 4.88. The summed E-state index contributed by atoms with van der Waals surface area (Å²) >= 11 is 0. The van der Waals surface area contributed by atoms with E-state index in [-0.39, 0.29) is 5.04 Å². The molecule has 3 nitrogen and oxygen atoms in total. The van der Waals surface area contributed by atoms with Gasteiger partial charge < -0.3 is 4.43 Å². The van der Waals surface area contributed by atoms with Gasteiger partial charge in [0.1, 0.15) is 5.82 Å². The van der Waals surface area contributed by atoms with Crippen molar-refractivity contribution in [3.63, 3.8) is 0 Å². The Morgan fingerprint density at radius 1 is 1.37 bits per heavy atom. The number of rotatable bonds is 6. The zero-order chi connectivity index (χ0) is 14.5. The Bertz CT molecular complexity index is 424. The van der Waals surface area contributed by atoms with Crippen LogP contribution < -0.4 is 0 Å². The molecule has 1 heterocycles. The van der Waals surface area contributed by atoms with Crippen LogP contribution in [0.5, 0.6) is 0 Å². The van der Waals surface area contributed by atoms with E-state index in [1.165, 1.54) is 0 Å². The fourth-order valence-electron chi connectivity index (χ4n) is 1.44. The number of allylic oxidation sites excluding steroid dienone is 1. The summed E-state index contributed by atoms with van der Waals surface area (Å²) in [5.41, 5.74) is 1.05. The van der Waals surface area contributed by atoms with Crippen LogP contribution in [-0.2, 0) is 17.3 Å². The van der Waals surface area contributed by atoms with E-state index in [0.29, 0.717) is 0 Å². The fourth-order valence-corrected chi connectivity index (χ4v) is 2.48. The molecule has 4 heteroatoms. The van der Waals surface area contributed by atoms with Crippen molar-refractivity contribution < 1.29 is 4.43 Å². The van der Waals surface area contributed by atoms with Crippen LogP contribution in [0, 0.1) is 0 Å². The van der Waals surface area contributed by atoms with Crippen molar-refractivity contribution in [2.45, 2.75) is 51.7 Å². The van der Waals surface area contributed by atoms with Gasteiger partial charge in [0.2, 0.25) is 0 Å². The van der Waals surface area contributed by atoms with Crippen molar-refractivity contribution in [1.82, 2.24) is 9.97 Å². The molecule has 0 unspecified atom stereocenters. The highest BCUT2D eigenvalue weighted by atomic mass is 28.4. The van der Waals surface area contributed by atoms with Crippen LogP contribution in [0.2, 0.25) is 18.1 Å². The number of hydrogen-bond donors (Lipinski definition) is 0. The molecule has 0 aliphatic carbocycles. The molecular formula is C15H26N2OSi. The molecule has 0 aliphatic heterocycles. The van der Waals surface area contributed by atoms with Crippen molar-refractivity contribution in [2.75, 3.05) is 6.61 Å². The van der Waals surface area contributed by atoms with E-state index in [2.05, 4.69) is 50.4 Å². The average Bonchev–Trinajstić information content (AvgIpc) is 2.28. The lowest BCUT2D eigenvalue weighted by molar-refractivity contribution is 0.290. The van der Waals surface area contributed by atoms with Gasteiger partial charge in [0.25, 0.3) is 0 Å². The first-order valence-electron chi connectivity index (χ1n) is 6.82. The van der Waals surface area contributed by atoms with Crippen LogP contribution in [0.15, 0.2) is 24.9 Å². The highest BCUT2D eigenvalue weighted by molar-refractivity contribution is 6.74. The van der Waals surface area contributed by atoms with Crippen LogP contribution >= 0.6 is 0 Å². The monoisotopic (exact) mass is 278 g/mol. The van der Waals surface area contributed by atoms with Gasteiger partial charge in [-0.25, -0.2) is 9.97 Å². The zero-order valence-corrected chi connectivity index (χ0v) is 13.9. The maximum Gasteiger partial charge on any atom is 0.191 e. The largest absolute Gasteiger partial charge is 0.416 e. The molecule has 1 aromatic rings. The predicted octanol–water partition coefficient (Wildman–Crippen LogP) is 3.77. The second-order valence-electron chi connectivity index (χ2n) is 6.32. The van der Waals surface area contributed by atoms with Crippen LogP contribution in [-0.4, -0.2) is 24.9 Å². The molecular weight excluding hydrogens is 252 g/mol. The Kier molecular flexibility index (Phi) is 5.44. The predicted molar refractivity (Wildman–Crippen MR) is 82.8 cm³/mol. The van der Waals surface area contributed by atoms with Crippen LogP contribution in [0.4, 0.5) is 0 Å². The lowest BCUT2D eigenvalue weighted by Gasteiger charge is -2.36. The third-order valence-electron chi connectivity index (χ3n) is 3.72. The molecule has 0 radical (unpaired) electrons. The maximum atomic E-state index is 6.16. The summed E-state index contributed by atoms with van der Waals surface area (Å²) in [4.78, 5) is 8.71. The van der Waals surface area contributed by atoms with Gasteiger partial charge in [0.05, 0.1) is 0 Å². The van der Waals surface area contributed by atoms with Crippen molar-refractivity contribution in [2.24, 2.45) is 0 Å². The van der Waals surface area contributed by atoms with Gasteiger partial charge in [-0.15, -0.1) is 6.58 Å². The summed E-state index contributed by atoms with van der Waals surface area (Å²) in [5.74, 6) is 0.833. The molecule has 0 saturated carbocycles. The Morgan fingerprint density at radius 3 is 2.63 bits per heavy atom. The Morgan fingerprint density at radius 2 is 2.05 bits per heavy atom. The molecule has 0 aromatic carbocycles. The van der Waals surface area contributed by atoms with Crippen molar-refractivity contribution in [3.05, 3.63) is 36.4 Å². The van der Waals surface area contributed by atoms with Crippen molar-refractivity contribution in [1.29, 1.82) is 0 Å². The minimum Gasteiger partial charge on any atom is -0.416 e. The van der Waals surface area contributed by atoms with E-state index < -0.39 is 8.32 Å². The third-order valence-corrected chi connectivity index (χ3v) is 8.26. The van der Waals surface area contributed by atoms with Gasteiger partial charge >= 0.3 is 0 Å². The van der Waals surface area contributed by atoms with E-state index in [1.54, 1.807) is 0 Å². The summed E-state index contributed by atoms with van der Waals surface area (Å²) in [6.07, 6.45) is 5.20. The van der Waals surface area contributed by atoms with E-state index >= 15 is 0 Å². The first-order chi connectivity index (χ1) is 8.76. The summed E-state index contributed by atoms with van der Waals surface area (Å²) < 4.78 is 6.16. The Labute approximate surface area is 118 Å². The smallest absolute Gasteiger partial charge is 0.191 e. The molecule has 0 saturated heterocycles. The molecule has 1 aromatic heterocycles. The van der Waals surface area contributed by atoms with Gasteiger partial charge in [0.15, 0.2) is 8.32 Å². The Balaban J connectivity index is 2.54. The first kappa shape index (κ1) is 16.1. The average molecular weight is 278 g/mol. The highest BCUT2D eigenvalue weighted by Crippen LogP contribution is 2.36.